The van der Waals surface area contributed by atoms with E-state index >= 15 is 0 Å². The van der Waals surface area contributed by atoms with Gasteiger partial charge < -0.3 is 5.11 Å². The van der Waals surface area contributed by atoms with Gasteiger partial charge in [0.15, 0.2) is 0 Å². The Morgan fingerprint density at radius 2 is 2.43 bits per heavy atom. The smallest absolute Gasteiger partial charge is 0.353 e. The van der Waals surface area contributed by atoms with E-state index in [0.29, 0.717) is 17.1 Å². The van der Waals surface area contributed by atoms with Gasteiger partial charge in [-0.15, -0.1) is 11.8 Å². The lowest BCUT2D eigenvalue weighted by atomic mass is 10.1. The fraction of sp³-hybridized carbons (Fsp3) is 0.214. The SMILES string of the molecule is O=C(O)C1=C(S/C=C\c2cccnc2)CS[C@H]2CC(=O)N12. The average molecular weight is 320 g/mol. The van der Waals surface area contributed by atoms with Gasteiger partial charge in [-0.05, 0) is 23.1 Å². The molecule has 2 aliphatic heterocycles. The van der Waals surface area contributed by atoms with Crippen LogP contribution >= 0.6 is 23.5 Å². The lowest BCUT2D eigenvalue weighted by Gasteiger charge is -2.43. The van der Waals surface area contributed by atoms with Crippen LogP contribution in [0.5, 0.6) is 0 Å². The fourth-order valence-corrected chi connectivity index (χ4v) is 4.42. The number of hydrogen-bond acceptors (Lipinski definition) is 5. The number of nitrogens with zero attached hydrogens (tertiary/aromatic N) is 2. The molecule has 3 rings (SSSR count). The van der Waals surface area contributed by atoms with E-state index in [-0.39, 0.29) is 17.0 Å². The summed E-state index contributed by atoms with van der Waals surface area (Å²) in [6, 6.07) is 3.76. The van der Waals surface area contributed by atoms with Crippen LogP contribution < -0.4 is 0 Å². The average Bonchev–Trinajstić information content (AvgIpc) is 2.47. The van der Waals surface area contributed by atoms with Crippen LogP contribution in [0, 0.1) is 0 Å². The summed E-state index contributed by atoms with van der Waals surface area (Å²) in [5.74, 6) is -0.525. The van der Waals surface area contributed by atoms with E-state index in [9.17, 15) is 14.7 Å². The molecule has 5 nitrogen and oxygen atoms in total. The highest BCUT2D eigenvalue weighted by molar-refractivity contribution is 8.08. The molecule has 108 valence electrons. The Bertz CT molecular complexity index is 643. The number of carbonyl (C=O) groups excluding carboxylic acids is 1. The van der Waals surface area contributed by atoms with E-state index < -0.39 is 5.97 Å². The molecule has 0 bridgehead atoms. The number of fused-ring (bicyclic) bond motifs is 1. The third-order valence-electron chi connectivity index (χ3n) is 3.18. The third-order valence-corrected chi connectivity index (χ3v) is 5.47. The van der Waals surface area contributed by atoms with Gasteiger partial charge in [0.1, 0.15) is 5.70 Å². The molecule has 0 aliphatic carbocycles. The molecule has 7 heteroatoms. The van der Waals surface area contributed by atoms with Crippen LogP contribution in [0.3, 0.4) is 0 Å². The lowest BCUT2D eigenvalue weighted by Crippen LogP contribution is -2.53. The lowest BCUT2D eigenvalue weighted by molar-refractivity contribution is -0.146. The summed E-state index contributed by atoms with van der Waals surface area (Å²) in [4.78, 5) is 29.1. The van der Waals surface area contributed by atoms with Gasteiger partial charge in [-0.1, -0.05) is 17.8 Å². The number of carboxylic acid groups (broad SMARTS) is 1. The first-order valence-corrected chi connectivity index (χ1v) is 8.23. The highest BCUT2D eigenvalue weighted by Crippen LogP contribution is 2.43. The minimum absolute atomic E-state index is 0.00440. The maximum atomic E-state index is 11.6. The molecule has 1 saturated heterocycles. The van der Waals surface area contributed by atoms with E-state index in [4.69, 9.17) is 0 Å². The minimum atomic E-state index is -1.04. The third kappa shape index (κ3) is 2.84. The Labute approximate surface area is 130 Å². The van der Waals surface area contributed by atoms with Crippen molar-refractivity contribution in [1.82, 2.24) is 9.88 Å². The number of pyridine rings is 1. The zero-order valence-electron chi connectivity index (χ0n) is 10.9. The van der Waals surface area contributed by atoms with Gasteiger partial charge in [-0.25, -0.2) is 4.79 Å². The van der Waals surface area contributed by atoms with Gasteiger partial charge >= 0.3 is 5.97 Å². The zero-order valence-corrected chi connectivity index (χ0v) is 12.6. The molecule has 0 spiro atoms. The Balaban J connectivity index is 1.79. The van der Waals surface area contributed by atoms with Crippen molar-refractivity contribution in [3.8, 4) is 0 Å². The van der Waals surface area contributed by atoms with Gasteiger partial charge in [0, 0.05) is 23.1 Å². The van der Waals surface area contributed by atoms with Crippen molar-refractivity contribution >= 4 is 41.5 Å². The van der Waals surface area contributed by atoms with E-state index in [0.717, 1.165) is 5.56 Å². The summed E-state index contributed by atoms with van der Waals surface area (Å²) in [5, 5.41) is 11.2. The molecule has 1 aromatic rings. The first-order valence-electron chi connectivity index (χ1n) is 6.30. The van der Waals surface area contributed by atoms with Crippen LogP contribution in [0.4, 0.5) is 0 Å². The molecule has 1 atom stereocenters. The van der Waals surface area contributed by atoms with Gasteiger partial charge in [0.05, 0.1) is 11.8 Å². The number of carboxylic acids is 1. The summed E-state index contributed by atoms with van der Waals surface area (Å²) in [6.45, 7) is 0. The second-order valence-electron chi connectivity index (χ2n) is 4.52. The van der Waals surface area contributed by atoms with Gasteiger partial charge in [0.2, 0.25) is 5.91 Å². The number of hydrogen-bond donors (Lipinski definition) is 1. The molecule has 0 saturated carbocycles. The fourth-order valence-electron chi connectivity index (χ4n) is 2.15. The van der Waals surface area contributed by atoms with Crippen molar-refractivity contribution in [3.63, 3.8) is 0 Å². The summed E-state index contributed by atoms with van der Waals surface area (Å²) in [5.41, 5.74) is 1.08. The maximum absolute atomic E-state index is 11.6. The summed E-state index contributed by atoms with van der Waals surface area (Å²) in [6.07, 6.45) is 5.74. The molecule has 21 heavy (non-hydrogen) atoms. The second kappa shape index (κ2) is 5.95. The molecule has 1 aromatic heterocycles. The molecule has 1 N–H and O–H groups in total. The number of rotatable bonds is 4. The highest BCUT2D eigenvalue weighted by atomic mass is 32.2. The monoisotopic (exact) mass is 320 g/mol. The van der Waals surface area contributed by atoms with Crippen LogP contribution in [0.1, 0.15) is 12.0 Å². The molecule has 0 radical (unpaired) electrons. The molecule has 1 fully saturated rings. The van der Waals surface area contributed by atoms with Crippen LogP contribution in [0.15, 0.2) is 40.5 Å². The van der Waals surface area contributed by atoms with Crippen molar-refractivity contribution in [2.75, 3.05) is 5.75 Å². The van der Waals surface area contributed by atoms with Crippen LogP contribution in [0.2, 0.25) is 0 Å². The largest absolute Gasteiger partial charge is 0.477 e. The quantitative estimate of drug-likeness (QED) is 0.859. The normalized spacial score (nSPS) is 21.4. The Hall–Kier alpha value is -1.73. The van der Waals surface area contributed by atoms with Crippen molar-refractivity contribution in [3.05, 3.63) is 46.1 Å². The number of aliphatic carboxylic acids is 1. The van der Waals surface area contributed by atoms with Crippen LogP contribution in [0.25, 0.3) is 6.08 Å². The van der Waals surface area contributed by atoms with Gasteiger partial charge in [-0.3, -0.25) is 14.7 Å². The topological polar surface area (TPSA) is 70.5 Å². The molecule has 1 amide bonds. The highest BCUT2D eigenvalue weighted by Gasteiger charge is 2.45. The Kier molecular flexibility index (Phi) is 4.03. The standard InChI is InChI=1S/C14H12N2O3S2/c17-11-6-12-16(11)13(14(18)19)10(8-21-12)20-5-3-9-2-1-4-15-7-9/h1-5,7,12H,6,8H2,(H,18,19)/b5-3-/t12-/m0/s1. The van der Waals surface area contributed by atoms with E-state index in [1.165, 1.54) is 16.7 Å². The van der Waals surface area contributed by atoms with E-state index in [2.05, 4.69) is 4.98 Å². The summed E-state index contributed by atoms with van der Waals surface area (Å²) in [7, 11) is 0. The van der Waals surface area contributed by atoms with E-state index in [1.807, 2.05) is 23.6 Å². The first kappa shape index (κ1) is 14.2. The zero-order chi connectivity index (χ0) is 14.8. The number of carbonyl (C=O) groups is 2. The van der Waals surface area contributed by atoms with E-state index in [1.54, 1.807) is 24.2 Å². The van der Waals surface area contributed by atoms with Gasteiger partial charge in [-0.2, -0.15) is 0 Å². The predicted octanol–water partition coefficient (Wildman–Crippen LogP) is 2.39. The first-order chi connectivity index (χ1) is 10.2. The molecule has 3 heterocycles. The number of β-lactam (4-membered cyclic amide) rings is 1. The maximum Gasteiger partial charge on any atom is 0.353 e. The summed E-state index contributed by atoms with van der Waals surface area (Å²) >= 11 is 2.96. The minimum Gasteiger partial charge on any atom is -0.477 e. The molecule has 2 aliphatic rings. The molecule has 0 aromatic carbocycles. The molecule has 0 unspecified atom stereocenters. The van der Waals surface area contributed by atoms with Crippen LogP contribution in [-0.4, -0.2) is 38.0 Å². The van der Waals surface area contributed by atoms with Crippen molar-refractivity contribution in [2.24, 2.45) is 0 Å². The van der Waals surface area contributed by atoms with Crippen molar-refractivity contribution in [2.45, 2.75) is 11.8 Å². The van der Waals surface area contributed by atoms with Crippen molar-refractivity contribution < 1.29 is 14.7 Å². The second-order valence-corrected chi connectivity index (χ2v) is 6.68. The summed E-state index contributed by atoms with van der Waals surface area (Å²) < 4.78 is 0. The predicted molar refractivity (Wildman–Crippen MR) is 83.2 cm³/mol. The Morgan fingerprint density at radius 3 is 3.10 bits per heavy atom. The number of aromatic nitrogens is 1. The van der Waals surface area contributed by atoms with Crippen molar-refractivity contribution in [1.29, 1.82) is 0 Å². The number of amides is 1. The Morgan fingerprint density at radius 1 is 1.57 bits per heavy atom. The number of thioether (sulfide) groups is 2. The van der Waals surface area contributed by atoms with Gasteiger partial charge in [0.25, 0.3) is 0 Å². The van der Waals surface area contributed by atoms with Crippen LogP contribution in [-0.2, 0) is 9.59 Å². The molecular formula is C14H12N2O3S2. The molecular weight excluding hydrogens is 308 g/mol.